The van der Waals surface area contributed by atoms with E-state index in [4.69, 9.17) is 0 Å². The summed E-state index contributed by atoms with van der Waals surface area (Å²) >= 11 is 0. The van der Waals surface area contributed by atoms with Gasteiger partial charge in [-0.2, -0.15) is 0 Å². The van der Waals surface area contributed by atoms with Crippen molar-refractivity contribution in [3.05, 3.63) is 35.6 Å². The van der Waals surface area contributed by atoms with Crippen molar-refractivity contribution in [1.29, 1.82) is 0 Å². The summed E-state index contributed by atoms with van der Waals surface area (Å²) in [6.45, 7) is 3.80. The minimum absolute atomic E-state index is 0. The lowest BCUT2D eigenvalue weighted by molar-refractivity contribution is -0.132. The maximum atomic E-state index is 13.2. The molecule has 2 aliphatic heterocycles. The molecule has 5 heteroatoms. The molecule has 23 heavy (non-hydrogen) atoms. The van der Waals surface area contributed by atoms with E-state index in [0.29, 0.717) is 18.5 Å². The lowest BCUT2D eigenvalue weighted by Gasteiger charge is -2.25. The minimum Gasteiger partial charge on any atom is -0.341 e. The second-order valence-corrected chi connectivity index (χ2v) is 6.91. The van der Waals surface area contributed by atoms with Crippen molar-refractivity contribution in [3.63, 3.8) is 0 Å². The van der Waals surface area contributed by atoms with Crippen LogP contribution in [0.25, 0.3) is 0 Å². The molecule has 0 aromatic heterocycles. The number of benzene rings is 1. The molecule has 128 valence electrons. The van der Waals surface area contributed by atoms with Gasteiger partial charge in [0.05, 0.1) is 0 Å². The number of likely N-dealkylation sites (tertiary alicyclic amines) is 1. The van der Waals surface area contributed by atoms with Crippen molar-refractivity contribution in [1.82, 2.24) is 10.2 Å². The van der Waals surface area contributed by atoms with Gasteiger partial charge in [0.2, 0.25) is 5.91 Å². The summed E-state index contributed by atoms with van der Waals surface area (Å²) in [5.74, 6) is 0.284. The van der Waals surface area contributed by atoms with Gasteiger partial charge < -0.3 is 10.2 Å². The van der Waals surface area contributed by atoms with Crippen LogP contribution >= 0.6 is 12.4 Å². The van der Waals surface area contributed by atoms with Crippen molar-refractivity contribution >= 4 is 18.3 Å². The highest BCUT2D eigenvalue weighted by molar-refractivity contribution is 5.85. The number of fused-ring (bicyclic) bond motifs is 2. The monoisotopic (exact) mass is 340 g/mol. The first kappa shape index (κ1) is 18.2. The van der Waals surface area contributed by atoms with E-state index in [2.05, 4.69) is 12.2 Å². The molecule has 0 spiro atoms. The average molecular weight is 341 g/mol. The molecule has 2 aliphatic rings. The van der Waals surface area contributed by atoms with Crippen LogP contribution in [0.15, 0.2) is 24.3 Å². The molecule has 1 amide bonds. The Kier molecular flexibility index (Phi) is 6.42. The number of amides is 1. The third kappa shape index (κ3) is 4.92. The van der Waals surface area contributed by atoms with Crippen LogP contribution in [0.3, 0.4) is 0 Å². The quantitative estimate of drug-likeness (QED) is 0.913. The summed E-state index contributed by atoms with van der Waals surface area (Å²) in [6, 6.07) is 7.77. The van der Waals surface area contributed by atoms with E-state index in [1.807, 2.05) is 11.0 Å². The maximum absolute atomic E-state index is 13.2. The summed E-state index contributed by atoms with van der Waals surface area (Å²) in [5.41, 5.74) is 0.969. The number of hydrogen-bond donors (Lipinski definition) is 1. The van der Waals surface area contributed by atoms with Crippen molar-refractivity contribution in [3.8, 4) is 0 Å². The topological polar surface area (TPSA) is 32.3 Å². The molecule has 2 heterocycles. The van der Waals surface area contributed by atoms with Crippen LogP contribution in [0, 0.1) is 11.7 Å². The lowest BCUT2D eigenvalue weighted by atomic mass is 9.97. The zero-order chi connectivity index (χ0) is 15.5. The molecule has 1 N–H and O–H groups in total. The first-order valence-corrected chi connectivity index (χ1v) is 8.38. The highest BCUT2D eigenvalue weighted by Crippen LogP contribution is 2.22. The number of carbonyl (C=O) groups is 1. The number of halogens is 2. The molecule has 3 nitrogen and oxygen atoms in total. The van der Waals surface area contributed by atoms with Gasteiger partial charge in [0.25, 0.3) is 0 Å². The Morgan fingerprint density at radius 2 is 2.13 bits per heavy atom. The van der Waals surface area contributed by atoms with Crippen molar-refractivity contribution in [2.75, 3.05) is 13.1 Å². The fourth-order valence-corrected chi connectivity index (χ4v) is 3.74. The molecule has 0 saturated carbocycles. The molecular weight excluding hydrogens is 315 g/mol. The molecule has 3 atom stereocenters. The number of carbonyl (C=O) groups excluding carboxylic acids is 1. The van der Waals surface area contributed by atoms with E-state index in [0.717, 1.165) is 31.5 Å². The molecule has 0 aliphatic carbocycles. The summed E-state index contributed by atoms with van der Waals surface area (Å²) in [7, 11) is 0. The Hall–Kier alpha value is -1.13. The highest BCUT2D eigenvalue weighted by Gasteiger charge is 2.31. The lowest BCUT2D eigenvalue weighted by Crippen LogP contribution is -2.39. The fraction of sp³-hybridized carbons (Fsp3) is 0.611. The van der Waals surface area contributed by atoms with Gasteiger partial charge in [-0.05, 0) is 49.3 Å². The molecule has 2 saturated heterocycles. The average Bonchev–Trinajstić information content (AvgIpc) is 2.77. The zero-order valence-corrected chi connectivity index (χ0v) is 14.4. The Morgan fingerprint density at radius 3 is 2.91 bits per heavy atom. The summed E-state index contributed by atoms with van der Waals surface area (Å²) in [6.07, 6.45) is 4.81. The van der Waals surface area contributed by atoms with Gasteiger partial charge in [0.15, 0.2) is 0 Å². The Labute approximate surface area is 144 Å². The number of nitrogens with zero attached hydrogens (tertiary/aromatic N) is 1. The second kappa shape index (κ2) is 8.11. The Balaban J connectivity index is 0.00000192. The first-order chi connectivity index (χ1) is 10.6. The van der Waals surface area contributed by atoms with E-state index in [-0.39, 0.29) is 30.0 Å². The molecule has 2 bridgehead atoms. The molecule has 3 rings (SSSR count). The Bertz CT molecular complexity index is 540. The third-order valence-electron chi connectivity index (χ3n) is 4.87. The van der Waals surface area contributed by atoms with E-state index in [1.165, 1.54) is 18.9 Å². The smallest absolute Gasteiger partial charge is 0.222 e. The number of rotatable bonds is 4. The normalized spacial score (nSPS) is 24.7. The third-order valence-corrected chi connectivity index (χ3v) is 4.87. The van der Waals surface area contributed by atoms with E-state index in [9.17, 15) is 9.18 Å². The predicted molar refractivity (Wildman–Crippen MR) is 92.3 cm³/mol. The van der Waals surface area contributed by atoms with Crippen LogP contribution in [0.2, 0.25) is 0 Å². The molecule has 2 fully saturated rings. The SMILES string of the molecule is CC(CC(=O)N1CCC2CCC(C1)N2)Cc1cccc(F)c1.Cl. The largest absolute Gasteiger partial charge is 0.341 e. The van der Waals surface area contributed by atoms with Crippen LogP contribution in [0.4, 0.5) is 4.39 Å². The van der Waals surface area contributed by atoms with Crippen LogP contribution in [0.1, 0.15) is 38.2 Å². The standard InChI is InChI=1S/C18H25FN2O.ClH/c1-13(9-14-3-2-4-15(19)11-14)10-18(22)21-8-7-16-5-6-17(12-21)20-16;/h2-4,11,13,16-17,20H,5-10,12H2,1H3;1H. The van der Waals surface area contributed by atoms with E-state index >= 15 is 0 Å². The van der Waals surface area contributed by atoms with Gasteiger partial charge in [0.1, 0.15) is 5.82 Å². The van der Waals surface area contributed by atoms with Gasteiger partial charge in [-0.3, -0.25) is 4.79 Å². The van der Waals surface area contributed by atoms with Crippen molar-refractivity contribution < 1.29 is 9.18 Å². The number of nitrogens with one attached hydrogen (secondary N) is 1. The Morgan fingerprint density at radius 1 is 1.35 bits per heavy atom. The van der Waals surface area contributed by atoms with Gasteiger partial charge in [-0.15, -0.1) is 12.4 Å². The molecular formula is C18H26ClFN2O. The van der Waals surface area contributed by atoms with Gasteiger partial charge >= 0.3 is 0 Å². The van der Waals surface area contributed by atoms with Crippen molar-refractivity contribution in [2.45, 2.75) is 51.1 Å². The van der Waals surface area contributed by atoms with Gasteiger partial charge in [-0.1, -0.05) is 19.1 Å². The maximum Gasteiger partial charge on any atom is 0.222 e. The number of hydrogen-bond acceptors (Lipinski definition) is 2. The molecule has 0 radical (unpaired) electrons. The molecule has 1 aromatic rings. The van der Waals surface area contributed by atoms with Crippen LogP contribution < -0.4 is 5.32 Å². The zero-order valence-electron chi connectivity index (χ0n) is 13.6. The van der Waals surface area contributed by atoms with Gasteiger partial charge in [-0.25, -0.2) is 4.39 Å². The summed E-state index contributed by atoms with van der Waals surface area (Å²) in [4.78, 5) is 14.5. The first-order valence-electron chi connectivity index (χ1n) is 8.38. The van der Waals surface area contributed by atoms with Crippen molar-refractivity contribution in [2.24, 2.45) is 5.92 Å². The van der Waals surface area contributed by atoms with E-state index in [1.54, 1.807) is 12.1 Å². The molecule has 1 aromatic carbocycles. The fourth-order valence-electron chi connectivity index (χ4n) is 3.74. The highest BCUT2D eigenvalue weighted by atomic mass is 35.5. The van der Waals surface area contributed by atoms with Crippen LogP contribution in [-0.4, -0.2) is 36.0 Å². The van der Waals surface area contributed by atoms with E-state index < -0.39 is 0 Å². The van der Waals surface area contributed by atoms with Crippen LogP contribution in [-0.2, 0) is 11.2 Å². The summed E-state index contributed by atoms with van der Waals surface area (Å²) in [5, 5.41) is 3.60. The second-order valence-electron chi connectivity index (χ2n) is 6.91. The van der Waals surface area contributed by atoms with Gasteiger partial charge in [0, 0.05) is 31.6 Å². The minimum atomic E-state index is -0.203. The van der Waals surface area contributed by atoms with Crippen LogP contribution in [0.5, 0.6) is 0 Å². The summed E-state index contributed by atoms with van der Waals surface area (Å²) < 4.78 is 13.2. The molecule has 3 unspecified atom stereocenters. The predicted octanol–water partition coefficient (Wildman–Crippen LogP) is 3.17.